The van der Waals surface area contributed by atoms with Gasteiger partial charge in [0, 0.05) is 0 Å². The third kappa shape index (κ3) is 2.40. The van der Waals surface area contributed by atoms with Gasteiger partial charge in [0.15, 0.2) is 0 Å². The van der Waals surface area contributed by atoms with Crippen molar-refractivity contribution in [2.24, 2.45) is 23.2 Å². The normalized spacial score (nSPS) is 32.7. The highest BCUT2D eigenvalue weighted by Crippen LogP contribution is 2.60. The van der Waals surface area contributed by atoms with E-state index in [4.69, 9.17) is 4.74 Å². The SMILES string of the molecule is O=C(OC(=O)C12CC3CC(CC(C3)C1)C2)c1cccc2ccccc12. The van der Waals surface area contributed by atoms with E-state index >= 15 is 0 Å². The van der Waals surface area contributed by atoms with Crippen molar-refractivity contribution in [3.8, 4) is 0 Å². The van der Waals surface area contributed by atoms with Crippen molar-refractivity contribution in [3.05, 3.63) is 48.0 Å². The molecule has 25 heavy (non-hydrogen) atoms. The van der Waals surface area contributed by atoms with Crippen molar-refractivity contribution >= 4 is 22.7 Å². The van der Waals surface area contributed by atoms with E-state index in [1.54, 1.807) is 6.07 Å². The van der Waals surface area contributed by atoms with Gasteiger partial charge in [0.05, 0.1) is 11.0 Å². The Labute approximate surface area is 147 Å². The second kappa shape index (κ2) is 5.42. The minimum absolute atomic E-state index is 0.274. The van der Waals surface area contributed by atoms with Crippen LogP contribution in [0.25, 0.3) is 10.8 Å². The van der Waals surface area contributed by atoms with Gasteiger partial charge in [-0.3, -0.25) is 4.79 Å². The Balaban J connectivity index is 1.41. The average molecular weight is 334 g/mol. The van der Waals surface area contributed by atoms with Crippen LogP contribution in [0, 0.1) is 23.2 Å². The summed E-state index contributed by atoms with van der Waals surface area (Å²) in [5.74, 6) is 1.20. The molecule has 0 atom stereocenters. The van der Waals surface area contributed by atoms with Crippen LogP contribution < -0.4 is 0 Å². The van der Waals surface area contributed by atoms with Crippen LogP contribution in [0.1, 0.15) is 48.9 Å². The number of hydrogen-bond donors (Lipinski definition) is 0. The molecule has 128 valence electrons. The van der Waals surface area contributed by atoms with Crippen LogP contribution in [0.4, 0.5) is 0 Å². The van der Waals surface area contributed by atoms with Crippen molar-refractivity contribution in [1.82, 2.24) is 0 Å². The molecule has 0 amide bonds. The van der Waals surface area contributed by atoms with Crippen molar-refractivity contribution < 1.29 is 14.3 Å². The molecule has 4 aliphatic rings. The zero-order valence-corrected chi connectivity index (χ0v) is 14.2. The standard InChI is InChI=1S/C22H22O3/c23-20(19-7-3-5-17-4-1-2-6-18(17)19)25-21(24)22-11-14-8-15(12-22)10-16(9-14)13-22/h1-7,14-16H,8-13H2. The lowest BCUT2D eigenvalue weighted by atomic mass is 9.49. The van der Waals surface area contributed by atoms with Crippen molar-refractivity contribution in [2.75, 3.05) is 0 Å². The minimum Gasteiger partial charge on any atom is -0.389 e. The van der Waals surface area contributed by atoms with E-state index in [9.17, 15) is 9.59 Å². The summed E-state index contributed by atoms with van der Waals surface area (Å²) in [6.07, 6.45) is 6.55. The molecule has 0 unspecified atom stereocenters. The molecule has 4 aliphatic carbocycles. The third-order valence-corrected chi connectivity index (χ3v) is 6.67. The van der Waals surface area contributed by atoms with Crippen LogP contribution in [0.3, 0.4) is 0 Å². The van der Waals surface area contributed by atoms with Crippen molar-refractivity contribution in [1.29, 1.82) is 0 Å². The van der Waals surface area contributed by atoms with Gasteiger partial charge in [0.25, 0.3) is 0 Å². The first-order valence-corrected chi connectivity index (χ1v) is 9.37. The molecule has 0 radical (unpaired) electrons. The molecular weight excluding hydrogens is 312 g/mol. The number of fused-ring (bicyclic) bond motifs is 1. The van der Waals surface area contributed by atoms with Crippen LogP contribution in [0.5, 0.6) is 0 Å². The van der Waals surface area contributed by atoms with Gasteiger partial charge < -0.3 is 4.74 Å². The Kier molecular flexibility index (Phi) is 3.28. The number of carbonyl (C=O) groups excluding carboxylic acids is 2. The monoisotopic (exact) mass is 334 g/mol. The average Bonchev–Trinajstić information content (AvgIpc) is 2.60. The van der Waals surface area contributed by atoms with E-state index in [1.165, 1.54) is 19.3 Å². The van der Waals surface area contributed by atoms with Gasteiger partial charge in [0.1, 0.15) is 0 Å². The summed E-state index contributed by atoms with van der Waals surface area (Å²) in [4.78, 5) is 25.7. The van der Waals surface area contributed by atoms with Gasteiger partial charge in [-0.2, -0.15) is 0 Å². The maximum atomic E-state index is 13.0. The number of carbonyl (C=O) groups is 2. The second-order valence-corrected chi connectivity index (χ2v) is 8.40. The molecule has 3 heteroatoms. The van der Waals surface area contributed by atoms with E-state index in [0.29, 0.717) is 23.3 Å². The number of benzene rings is 2. The number of esters is 2. The summed E-state index contributed by atoms with van der Waals surface area (Å²) < 4.78 is 5.45. The topological polar surface area (TPSA) is 43.4 Å². The molecule has 0 aliphatic heterocycles. The summed E-state index contributed by atoms with van der Waals surface area (Å²) in [5, 5.41) is 1.83. The van der Waals surface area contributed by atoms with Gasteiger partial charge in [-0.05, 0) is 73.1 Å². The van der Waals surface area contributed by atoms with E-state index in [2.05, 4.69) is 0 Å². The second-order valence-electron chi connectivity index (χ2n) is 8.40. The molecule has 2 aromatic rings. The molecular formula is C22H22O3. The Bertz CT molecular complexity index is 826. The van der Waals surface area contributed by atoms with E-state index in [-0.39, 0.29) is 5.97 Å². The molecule has 4 fully saturated rings. The summed E-state index contributed by atoms with van der Waals surface area (Å²) in [5.41, 5.74) is 0.0887. The molecule has 2 aromatic carbocycles. The zero-order valence-electron chi connectivity index (χ0n) is 14.2. The van der Waals surface area contributed by atoms with Crippen LogP contribution >= 0.6 is 0 Å². The smallest absolute Gasteiger partial charge is 0.346 e. The summed E-state index contributed by atoms with van der Waals surface area (Å²) >= 11 is 0. The maximum Gasteiger partial charge on any atom is 0.346 e. The largest absolute Gasteiger partial charge is 0.389 e. The fraction of sp³-hybridized carbons (Fsp3) is 0.455. The minimum atomic E-state index is -0.502. The maximum absolute atomic E-state index is 13.0. The highest BCUT2D eigenvalue weighted by Gasteiger charge is 2.55. The summed E-state index contributed by atoms with van der Waals surface area (Å²) in [6, 6.07) is 13.3. The number of ether oxygens (including phenoxy) is 1. The molecule has 4 bridgehead atoms. The van der Waals surface area contributed by atoms with Crippen LogP contribution in [-0.2, 0) is 9.53 Å². The Morgan fingerprint density at radius 1 is 0.840 bits per heavy atom. The van der Waals surface area contributed by atoms with Crippen molar-refractivity contribution in [2.45, 2.75) is 38.5 Å². The lowest BCUT2D eigenvalue weighted by Crippen LogP contribution is -2.50. The van der Waals surface area contributed by atoms with Gasteiger partial charge in [-0.1, -0.05) is 36.4 Å². The molecule has 0 heterocycles. The number of rotatable bonds is 2. The van der Waals surface area contributed by atoms with Crippen LogP contribution in [-0.4, -0.2) is 11.9 Å². The van der Waals surface area contributed by atoms with Crippen LogP contribution in [0.15, 0.2) is 42.5 Å². The molecule has 0 N–H and O–H groups in total. The molecule has 0 saturated heterocycles. The molecule has 3 nitrogen and oxygen atoms in total. The Morgan fingerprint density at radius 2 is 1.44 bits per heavy atom. The molecule has 4 saturated carbocycles. The van der Waals surface area contributed by atoms with E-state index in [0.717, 1.165) is 30.0 Å². The molecule has 6 rings (SSSR count). The first-order valence-electron chi connectivity index (χ1n) is 9.37. The third-order valence-electron chi connectivity index (χ3n) is 6.67. The molecule has 0 aromatic heterocycles. The predicted octanol–water partition coefficient (Wildman–Crippen LogP) is 4.74. The first kappa shape index (κ1) is 15.1. The van der Waals surface area contributed by atoms with Gasteiger partial charge >= 0.3 is 11.9 Å². The predicted molar refractivity (Wildman–Crippen MR) is 95.0 cm³/mol. The zero-order chi connectivity index (χ0) is 17.0. The van der Waals surface area contributed by atoms with Crippen molar-refractivity contribution in [3.63, 3.8) is 0 Å². The number of hydrogen-bond acceptors (Lipinski definition) is 3. The lowest BCUT2D eigenvalue weighted by Gasteiger charge is -2.54. The van der Waals surface area contributed by atoms with E-state index < -0.39 is 11.4 Å². The highest BCUT2D eigenvalue weighted by molar-refractivity contribution is 6.07. The lowest BCUT2D eigenvalue weighted by molar-refractivity contribution is -0.165. The Morgan fingerprint density at radius 3 is 2.12 bits per heavy atom. The first-order chi connectivity index (χ1) is 12.1. The van der Waals surface area contributed by atoms with Gasteiger partial charge in [-0.25, -0.2) is 4.79 Å². The van der Waals surface area contributed by atoms with Gasteiger partial charge in [-0.15, -0.1) is 0 Å². The fourth-order valence-corrected chi connectivity index (χ4v) is 6.01. The fourth-order valence-electron chi connectivity index (χ4n) is 6.01. The molecule has 0 spiro atoms. The quantitative estimate of drug-likeness (QED) is 0.588. The van der Waals surface area contributed by atoms with E-state index in [1.807, 2.05) is 36.4 Å². The Hall–Kier alpha value is -2.16. The summed E-state index contributed by atoms with van der Waals surface area (Å²) in [7, 11) is 0. The summed E-state index contributed by atoms with van der Waals surface area (Å²) in [6.45, 7) is 0. The highest BCUT2D eigenvalue weighted by atomic mass is 16.6. The van der Waals surface area contributed by atoms with Gasteiger partial charge in [0.2, 0.25) is 0 Å². The van der Waals surface area contributed by atoms with Crippen LogP contribution in [0.2, 0.25) is 0 Å².